The molecule has 1 heterocycles. The van der Waals surface area contributed by atoms with Gasteiger partial charge < -0.3 is 15.5 Å². The number of aliphatic hydroxyl groups is 1. The zero-order valence-corrected chi connectivity index (χ0v) is 12.2. The first-order valence-corrected chi connectivity index (χ1v) is 6.50. The maximum absolute atomic E-state index is 12.1. The quantitative estimate of drug-likeness (QED) is 0.709. The molecule has 0 saturated carbocycles. The molecule has 0 spiro atoms. The molecule has 0 aliphatic rings. The molecule has 0 aliphatic carbocycles. The number of carbonyl (C=O) groups excluding carboxylic acids is 1. The summed E-state index contributed by atoms with van der Waals surface area (Å²) in [6.45, 7) is 7.10. The lowest BCUT2D eigenvalue weighted by Gasteiger charge is -2.18. The molecule has 0 aromatic carbocycles. The Bertz CT molecular complexity index is 506. The van der Waals surface area contributed by atoms with Gasteiger partial charge in [-0.3, -0.25) is 9.48 Å². The van der Waals surface area contributed by atoms with Crippen LogP contribution in [0.4, 0.5) is 0 Å². The van der Waals surface area contributed by atoms with Crippen molar-refractivity contribution in [3.05, 3.63) is 17.5 Å². The molecule has 7 nitrogen and oxygen atoms in total. The van der Waals surface area contributed by atoms with E-state index in [1.54, 1.807) is 10.7 Å². The van der Waals surface area contributed by atoms with E-state index < -0.39 is 17.5 Å². The van der Waals surface area contributed by atoms with Gasteiger partial charge in [-0.2, -0.15) is 5.10 Å². The van der Waals surface area contributed by atoms with Crippen LogP contribution in [-0.2, 0) is 11.3 Å². The third kappa shape index (κ3) is 3.57. The number of aryl methyl sites for hydroxylation is 1. The Balaban J connectivity index is 2.85. The van der Waals surface area contributed by atoms with Gasteiger partial charge in [0, 0.05) is 6.54 Å². The number of aromatic nitrogens is 2. The Kier molecular flexibility index (Phi) is 4.88. The summed E-state index contributed by atoms with van der Waals surface area (Å²) >= 11 is 0. The van der Waals surface area contributed by atoms with Gasteiger partial charge in [0.05, 0.1) is 12.2 Å². The maximum Gasteiger partial charge on any atom is 0.337 e. The highest BCUT2D eigenvalue weighted by molar-refractivity contribution is 5.93. The molecule has 1 unspecified atom stereocenters. The van der Waals surface area contributed by atoms with E-state index in [2.05, 4.69) is 10.4 Å². The van der Waals surface area contributed by atoms with Crippen LogP contribution in [0.3, 0.4) is 0 Å². The number of hydrogen-bond donors (Lipinski definition) is 3. The molecule has 3 N–H and O–H groups in total. The maximum atomic E-state index is 12.1. The highest BCUT2D eigenvalue weighted by Crippen LogP contribution is 2.14. The van der Waals surface area contributed by atoms with Crippen molar-refractivity contribution in [1.29, 1.82) is 0 Å². The fourth-order valence-corrected chi connectivity index (χ4v) is 1.56. The molecule has 0 aliphatic heterocycles. The van der Waals surface area contributed by atoms with Crippen LogP contribution in [0.25, 0.3) is 0 Å². The van der Waals surface area contributed by atoms with Crippen LogP contribution in [0, 0.1) is 0 Å². The van der Waals surface area contributed by atoms with E-state index >= 15 is 0 Å². The van der Waals surface area contributed by atoms with Gasteiger partial charge in [0.2, 0.25) is 0 Å². The highest BCUT2D eigenvalue weighted by Gasteiger charge is 2.30. The SMILES string of the molecule is CCn1nc(C(C)C)cc1C(=O)NCC(C)(O)C(=O)O. The van der Waals surface area contributed by atoms with Crippen molar-refractivity contribution in [2.75, 3.05) is 6.54 Å². The zero-order chi connectivity index (χ0) is 15.5. The van der Waals surface area contributed by atoms with E-state index in [-0.39, 0.29) is 12.5 Å². The van der Waals surface area contributed by atoms with Crippen molar-refractivity contribution in [2.45, 2.75) is 45.8 Å². The summed E-state index contributed by atoms with van der Waals surface area (Å²) in [6.07, 6.45) is 0. The third-order valence-corrected chi connectivity index (χ3v) is 2.98. The van der Waals surface area contributed by atoms with E-state index in [1.807, 2.05) is 20.8 Å². The van der Waals surface area contributed by atoms with Gasteiger partial charge in [-0.1, -0.05) is 13.8 Å². The number of rotatable bonds is 6. The summed E-state index contributed by atoms with van der Waals surface area (Å²) in [5.74, 6) is -1.64. The number of amides is 1. The average Bonchev–Trinajstić information content (AvgIpc) is 2.80. The second-order valence-corrected chi connectivity index (χ2v) is 5.19. The van der Waals surface area contributed by atoms with Crippen LogP contribution in [0.5, 0.6) is 0 Å². The highest BCUT2D eigenvalue weighted by atomic mass is 16.4. The Morgan fingerprint density at radius 2 is 2.10 bits per heavy atom. The summed E-state index contributed by atoms with van der Waals surface area (Å²) < 4.78 is 1.56. The van der Waals surface area contributed by atoms with E-state index in [0.717, 1.165) is 12.6 Å². The molecule has 7 heteroatoms. The number of nitrogens with one attached hydrogen (secondary N) is 1. The van der Waals surface area contributed by atoms with Gasteiger partial charge in [0.15, 0.2) is 5.60 Å². The molecule has 1 atom stereocenters. The molecule has 1 aromatic rings. The predicted molar refractivity (Wildman–Crippen MR) is 72.6 cm³/mol. The van der Waals surface area contributed by atoms with E-state index in [0.29, 0.717) is 12.2 Å². The van der Waals surface area contributed by atoms with Crippen molar-refractivity contribution < 1.29 is 19.8 Å². The Hall–Kier alpha value is -1.89. The average molecular weight is 283 g/mol. The molecule has 0 bridgehead atoms. The van der Waals surface area contributed by atoms with Crippen LogP contribution in [0.2, 0.25) is 0 Å². The van der Waals surface area contributed by atoms with Gasteiger partial charge in [0.25, 0.3) is 5.91 Å². The lowest BCUT2D eigenvalue weighted by Crippen LogP contribution is -2.46. The molecule has 0 radical (unpaired) electrons. The Morgan fingerprint density at radius 1 is 1.50 bits per heavy atom. The van der Waals surface area contributed by atoms with Crippen molar-refractivity contribution >= 4 is 11.9 Å². The molecular weight excluding hydrogens is 262 g/mol. The summed E-state index contributed by atoms with van der Waals surface area (Å²) in [6, 6.07) is 1.68. The smallest absolute Gasteiger partial charge is 0.337 e. The van der Waals surface area contributed by atoms with E-state index in [1.165, 1.54) is 0 Å². The minimum absolute atomic E-state index is 0.191. The lowest BCUT2D eigenvalue weighted by molar-refractivity contribution is -0.155. The van der Waals surface area contributed by atoms with Crippen LogP contribution in [-0.4, -0.2) is 44.0 Å². The minimum atomic E-state index is -1.99. The molecule has 1 rings (SSSR count). The summed E-state index contributed by atoms with van der Waals surface area (Å²) in [4.78, 5) is 22.8. The summed E-state index contributed by atoms with van der Waals surface area (Å²) in [7, 11) is 0. The van der Waals surface area contributed by atoms with Gasteiger partial charge >= 0.3 is 5.97 Å². The van der Waals surface area contributed by atoms with Crippen molar-refractivity contribution in [2.24, 2.45) is 0 Å². The number of carboxylic acid groups (broad SMARTS) is 1. The summed E-state index contributed by atoms with van der Waals surface area (Å²) in [5.41, 5.74) is -0.840. The molecular formula is C13H21N3O4. The fourth-order valence-electron chi connectivity index (χ4n) is 1.56. The second-order valence-electron chi connectivity index (χ2n) is 5.19. The topological polar surface area (TPSA) is 104 Å². The molecule has 0 saturated heterocycles. The largest absolute Gasteiger partial charge is 0.479 e. The van der Waals surface area contributed by atoms with Crippen LogP contribution >= 0.6 is 0 Å². The molecule has 20 heavy (non-hydrogen) atoms. The third-order valence-electron chi connectivity index (χ3n) is 2.98. The summed E-state index contributed by atoms with van der Waals surface area (Å²) in [5, 5.41) is 25.1. The van der Waals surface area contributed by atoms with Crippen LogP contribution in [0.1, 0.15) is 49.8 Å². The monoisotopic (exact) mass is 283 g/mol. The minimum Gasteiger partial charge on any atom is -0.479 e. The van der Waals surface area contributed by atoms with Gasteiger partial charge in [-0.25, -0.2) is 4.79 Å². The molecule has 1 aromatic heterocycles. The van der Waals surface area contributed by atoms with Crippen LogP contribution < -0.4 is 5.32 Å². The normalized spacial score (nSPS) is 14.1. The standard InChI is InChI=1S/C13H21N3O4/c1-5-16-10(6-9(15-16)8(2)3)11(17)14-7-13(4,20)12(18)19/h6,8,20H,5,7H2,1-4H3,(H,14,17)(H,18,19). The fraction of sp³-hybridized carbons (Fsp3) is 0.615. The number of hydrogen-bond acceptors (Lipinski definition) is 4. The first kappa shape index (κ1) is 16.2. The molecule has 1 amide bonds. The van der Waals surface area contributed by atoms with E-state index in [9.17, 15) is 14.7 Å². The number of aliphatic carboxylic acids is 1. The zero-order valence-electron chi connectivity index (χ0n) is 12.2. The van der Waals surface area contributed by atoms with E-state index in [4.69, 9.17) is 5.11 Å². The Morgan fingerprint density at radius 3 is 2.55 bits per heavy atom. The van der Waals surface area contributed by atoms with Crippen molar-refractivity contribution in [1.82, 2.24) is 15.1 Å². The number of carbonyl (C=O) groups is 2. The second kappa shape index (κ2) is 6.04. The number of carboxylic acids is 1. The van der Waals surface area contributed by atoms with Crippen molar-refractivity contribution in [3.8, 4) is 0 Å². The van der Waals surface area contributed by atoms with Crippen molar-refractivity contribution in [3.63, 3.8) is 0 Å². The van der Waals surface area contributed by atoms with Crippen LogP contribution in [0.15, 0.2) is 6.07 Å². The van der Waals surface area contributed by atoms with Gasteiger partial charge in [-0.15, -0.1) is 0 Å². The molecule has 0 fully saturated rings. The first-order valence-electron chi connectivity index (χ1n) is 6.50. The first-order chi connectivity index (χ1) is 9.19. The Labute approximate surface area is 117 Å². The van der Waals surface area contributed by atoms with Gasteiger partial charge in [0.1, 0.15) is 5.69 Å². The molecule has 112 valence electrons. The predicted octanol–water partition coefficient (Wildman–Crippen LogP) is 0.592. The number of nitrogens with zero attached hydrogens (tertiary/aromatic N) is 2. The van der Waals surface area contributed by atoms with Gasteiger partial charge in [-0.05, 0) is 25.8 Å². The lowest BCUT2D eigenvalue weighted by atomic mass is 10.1.